The molecule has 3 rings (SSSR count). The molecule has 0 aliphatic carbocycles. The number of phenolic OH excluding ortho intramolecular Hbond substituents is 1. The highest BCUT2D eigenvalue weighted by Crippen LogP contribution is 2.43. The van der Waals surface area contributed by atoms with Gasteiger partial charge in [0.2, 0.25) is 0 Å². The molecule has 0 bridgehead atoms. The summed E-state index contributed by atoms with van der Waals surface area (Å²) in [5.74, 6) is 0.243. The Morgan fingerprint density at radius 2 is 1.56 bits per heavy atom. The van der Waals surface area contributed by atoms with E-state index in [0.717, 1.165) is 16.7 Å². The first-order valence-electron chi connectivity index (χ1n) is 9.03. The molecule has 5 heteroatoms. The Morgan fingerprint density at radius 1 is 0.889 bits per heavy atom. The standard InChI is InChI=1S/C22H26ClN3O/c1-21(2,3)14-11-16(20(27)17(12-14)22(4,5)6)19-18(24-26-25-19)13-8-7-9-15(23)10-13/h7-12,27H,1-6H3,(H,24,25,26). The van der Waals surface area contributed by atoms with Crippen molar-refractivity contribution < 1.29 is 5.11 Å². The van der Waals surface area contributed by atoms with Crippen molar-refractivity contribution in [1.29, 1.82) is 0 Å². The van der Waals surface area contributed by atoms with Gasteiger partial charge >= 0.3 is 0 Å². The summed E-state index contributed by atoms with van der Waals surface area (Å²) in [5.41, 5.74) is 4.57. The molecule has 4 nitrogen and oxygen atoms in total. The predicted octanol–water partition coefficient (Wildman–Crippen LogP) is 6.09. The van der Waals surface area contributed by atoms with Crippen LogP contribution < -0.4 is 0 Å². The largest absolute Gasteiger partial charge is 0.507 e. The van der Waals surface area contributed by atoms with E-state index in [0.29, 0.717) is 22.0 Å². The normalized spacial score (nSPS) is 12.4. The van der Waals surface area contributed by atoms with E-state index in [1.165, 1.54) is 0 Å². The first-order chi connectivity index (χ1) is 12.5. The van der Waals surface area contributed by atoms with E-state index in [9.17, 15) is 5.11 Å². The van der Waals surface area contributed by atoms with Gasteiger partial charge in [-0.25, -0.2) is 0 Å². The second-order valence-electron chi connectivity index (χ2n) is 8.95. The minimum absolute atomic E-state index is 0.0671. The third-order valence-corrected chi connectivity index (χ3v) is 4.92. The molecular formula is C22H26ClN3O. The number of halogens is 1. The monoisotopic (exact) mass is 383 g/mol. The summed E-state index contributed by atoms with van der Waals surface area (Å²) >= 11 is 6.15. The molecule has 0 radical (unpaired) electrons. The number of nitrogens with zero attached hydrogens (tertiary/aromatic N) is 2. The number of phenols is 1. The average Bonchev–Trinajstić information content (AvgIpc) is 3.02. The summed E-state index contributed by atoms with van der Waals surface area (Å²) in [6.07, 6.45) is 0. The number of aromatic amines is 1. The lowest BCUT2D eigenvalue weighted by Gasteiger charge is -2.27. The van der Waals surface area contributed by atoms with Crippen molar-refractivity contribution in [2.75, 3.05) is 0 Å². The molecule has 0 amide bonds. The van der Waals surface area contributed by atoms with Gasteiger partial charge in [0.1, 0.15) is 17.1 Å². The molecule has 0 spiro atoms. The highest BCUT2D eigenvalue weighted by Gasteiger charge is 2.27. The van der Waals surface area contributed by atoms with Crippen LogP contribution in [0.25, 0.3) is 22.5 Å². The third-order valence-electron chi connectivity index (χ3n) is 4.69. The smallest absolute Gasteiger partial charge is 0.128 e. The molecule has 1 heterocycles. The highest BCUT2D eigenvalue weighted by atomic mass is 35.5. The van der Waals surface area contributed by atoms with Crippen molar-refractivity contribution in [2.45, 2.75) is 52.4 Å². The molecule has 0 saturated heterocycles. The Kier molecular flexibility index (Phi) is 4.81. The van der Waals surface area contributed by atoms with E-state index in [-0.39, 0.29) is 16.6 Å². The molecule has 0 atom stereocenters. The maximum absolute atomic E-state index is 11.1. The Bertz CT molecular complexity index is 978. The average molecular weight is 384 g/mol. The second-order valence-corrected chi connectivity index (χ2v) is 9.39. The van der Waals surface area contributed by atoms with Gasteiger partial charge in [0.25, 0.3) is 0 Å². The number of rotatable bonds is 2. The van der Waals surface area contributed by atoms with Crippen LogP contribution in [-0.4, -0.2) is 20.5 Å². The molecule has 142 valence electrons. The van der Waals surface area contributed by atoms with Crippen LogP contribution in [0.3, 0.4) is 0 Å². The van der Waals surface area contributed by atoms with Crippen molar-refractivity contribution in [3.05, 3.63) is 52.5 Å². The van der Waals surface area contributed by atoms with E-state index < -0.39 is 0 Å². The van der Waals surface area contributed by atoms with Crippen molar-refractivity contribution in [2.24, 2.45) is 0 Å². The molecule has 0 unspecified atom stereocenters. The lowest BCUT2D eigenvalue weighted by Crippen LogP contribution is -2.17. The summed E-state index contributed by atoms with van der Waals surface area (Å²) < 4.78 is 0. The molecule has 3 aromatic rings. The molecule has 2 N–H and O–H groups in total. The number of H-pyrrole nitrogens is 1. The third kappa shape index (κ3) is 3.86. The van der Waals surface area contributed by atoms with Crippen LogP contribution >= 0.6 is 11.6 Å². The Labute approximate surface area is 165 Å². The van der Waals surface area contributed by atoms with E-state index in [2.05, 4.69) is 63.0 Å². The van der Waals surface area contributed by atoms with Crippen LogP contribution in [0.5, 0.6) is 5.75 Å². The zero-order valence-electron chi connectivity index (χ0n) is 16.7. The predicted molar refractivity (Wildman–Crippen MR) is 111 cm³/mol. The van der Waals surface area contributed by atoms with Crippen molar-refractivity contribution in [3.8, 4) is 28.3 Å². The zero-order chi connectivity index (χ0) is 20.0. The van der Waals surface area contributed by atoms with Crippen LogP contribution in [0.15, 0.2) is 36.4 Å². The van der Waals surface area contributed by atoms with Crippen LogP contribution in [0.1, 0.15) is 52.7 Å². The Morgan fingerprint density at radius 3 is 2.15 bits per heavy atom. The number of aromatic nitrogens is 3. The molecule has 1 aromatic heterocycles. The van der Waals surface area contributed by atoms with E-state index in [1.54, 1.807) is 0 Å². The summed E-state index contributed by atoms with van der Waals surface area (Å²) in [7, 11) is 0. The minimum atomic E-state index is -0.208. The summed E-state index contributed by atoms with van der Waals surface area (Å²) in [6, 6.07) is 11.6. The Balaban J connectivity index is 2.29. The van der Waals surface area contributed by atoms with Gasteiger partial charge in [-0.3, -0.25) is 0 Å². The fourth-order valence-corrected chi connectivity index (χ4v) is 3.27. The van der Waals surface area contributed by atoms with Gasteiger partial charge in [0, 0.05) is 21.7 Å². The quantitative estimate of drug-likeness (QED) is 0.562. The van der Waals surface area contributed by atoms with Crippen LogP contribution in [0.4, 0.5) is 0 Å². The summed E-state index contributed by atoms with van der Waals surface area (Å²) in [6.45, 7) is 12.8. The second kappa shape index (κ2) is 6.68. The van der Waals surface area contributed by atoms with Crippen molar-refractivity contribution >= 4 is 11.6 Å². The van der Waals surface area contributed by atoms with Crippen molar-refractivity contribution in [3.63, 3.8) is 0 Å². The zero-order valence-corrected chi connectivity index (χ0v) is 17.4. The number of nitrogens with one attached hydrogen (secondary N) is 1. The number of hydrogen-bond acceptors (Lipinski definition) is 3. The van der Waals surface area contributed by atoms with Gasteiger partial charge in [0.15, 0.2) is 0 Å². The van der Waals surface area contributed by atoms with Gasteiger partial charge in [-0.05, 0) is 34.6 Å². The molecule has 0 saturated carbocycles. The highest BCUT2D eigenvalue weighted by molar-refractivity contribution is 6.30. The fourth-order valence-electron chi connectivity index (χ4n) is 3.08. The van der Waals surface area contributed by atoms with Gasteiger partial charge in [-0.15, -0.1) is 0 Å². The maximum atomic E-state index is 11.1. The molecule has 27 heavy (non-hydrogen) atoms. The molecule has 0 aliphatic heterocycles. The van der Waals surface area contributed by atoms with E-state index in [4.69, 9.17) is 11.6 Å². The van der Waals surface area contributed by atoms with Gasteiger partial charge in [0.05, 0.1) is 0 Å². The van der Waals surface area contributed by atoms with Crippen molar-refractivity contribution in [1.82, 2.24) is 15.4 Å². The molecular weight excluding hydrogens is 358 g/mol. The van der Waals surface area contributed by atoms with E-state index in [1.807, 2.05) is 30.3 Å². The fraction of sp³-hybridized carbons (Fsp3) is 0.364. The minimum Gasteiger partial charge on any atom is -0.507 e. The molecule has 0 aliphatic rings. The number of benzene rings is 2. The van der Waals surface area contributed by atoms with Gasteiger partial charge < -0.3 is 5.11 Å². The Hall–Kier alpha value is -2.33. The van der Waals surface area contributed by atoms with Gasteiger partial charge in [-0.2, -0.15) is 15.4 Å². The van der Waals surface area contributed by atoms with Crippen LogP contribution in [0.2, 0.25) is 5.02 Å². The SMILES string of the molecule is CC(C)(C)c1cc(-c2n[nH]nc2-c2cccc(Cl)c2)c(O)c(C(C)(C)C)c1. The first kappa shape index (κ1) is 19.4. The molecule has 2 aromatic carbocycles. The first-order valence-corrected chi connectivity index (χ1v) is 9.41. The summed E-state index contributed by atoms with van der Waals surface area (Å²) in [5, 5.41) is 23.1. The lowest BCUT2D eigenvalue weighted by atomic mass is 9.78. The van der Waals surface area contributed by atoms with Gasteiger partial charge in [-0.1, -0.05) is 71.3 Å². The number of hydrogen-bond donors (Lipinski definition) is 2. The van der Waals surface area contributed by atoms with Crippen LogP contribution in [0, 0.1) is 0 Å². The lowest BCUT2D eigenvalue weighted by molar-refractivity contribution is 0.446. The topological polar surface area (TPSA) is 61.8 Å². The molecule has 0 fully saturated rings. The number of aromatic hydroxyl groups is 1. The van der Waals surface area contributed by atoms with Crippen LogP contribution in [-0.2, 0) is 10.8 Å². The maximum Gasteiger partial charge on any atom is 0.128 e. The van der Waals surface area contributed by atoms with E-state index >= 15 is 0 Å². The summed E-state index contributed by atoms with van der Waals surface area (Å²) in [4.78, 5) is 0.